The van der Waals surface area contributed by atoms with Crippen LogP contribution in [0.1, 0.15) is 43.1 Å². The maximum absolute atomic E-state index is 12.1. The number of anilines is 1. The second-order valence-corrected chi connectivity index (χ2v) is 7.37. The van der Waals surface area contributed by atoms with Crippen LogP contribution in [0.5, 0.6) is 5.75 Å². The van der Waals surface area contributed by atoms with Crippen molar-refractivity contribution in [3.8, 4) is 17.0 Å². The standard InChI is InChI=1S/C21H27N5O3/c1-4-17(27)25-11-9-15(10-12-25)26-20(22)18(21(23)28)19(24-26)14-5-7-16(8-6-14)29-13(2)3/h4-8,13,15H,1,9-12,22H2,2-3H3,(H2,23,28). The van der Waals surface area contributed by atoms with E-state index in [2.05, 4.69) is 11.7 Å². The number of hydrogen-bond acceptors (Lipinski definition) is 5. The highest BCUT2D eigenvalue weighted by atomic mass is 16.5. The van der Waals surface area contributed by atoms with E-state index < -0.39 is 5.91 Å². The van der Waals surface area contributed by atoms with E-state index in [1.165, 1.54) is 6.08 Å². The zero-order chi connectivity index (χ0) is 21.1. The van der Waals surface area contributed by atoms with Crippen LogP contribution in [0, 0.1) is 0 Å². The molecule has 1 aliphatic rings. The van der Waals surface area contributed by atoms with Crippen molar-refractivity contribution < 1.29 is 14.3 Å². The normalized spacial score (nSPS) is 14.8. The molecule has 2 aromatic rings. The summed E-state index contributed by atoms with van der Waals surface area (Å²) in [5.74, 6) is 0.282. The molecule has 1 aromatic carbocycles. The summed E-state index contributed by atoms with van der Waals surface area (Å²) in [6, 6.07) is 7.31. The number of nitrogen functional groups attached to an aromatic ring is 1. The minimum Gasteiger partial charge on any atom is -0.491 e. The molecule has 154 valence electrons. The number of hydrogen-bond donors (Lipinski definition) is 2. The summed E-state index contributed by atoms with van der Waals surface area (Å²) in [6.07, 6.45) is 2.75. The molecule has 0 radical (unpaired) electrons. The molecule has 3 rings (SSSR count). The van der Waals surface area contributed by atoms with Gasteiger partial charge in [0.15, 0.2) is 0 Å². The number of carbonyl (C=O) groups is 2. The maximum Gasteiger partial charge on any atom is 0.254 e. The quantitative estimate of drug-likeness (QED) is 0.726. The Hall–Kier alpha value is -3.29. The van der Waals surface area contributed by atoms with E-state index in [0.717, 1.165) is 11.3 Å². The van der Waals surface area contributed by atoms with Crippen LogP contribution in [-0.4, -0.2) is 45.7 Å². The van der Waals surface area contributed by atoms with Gasteiger partial charge in [-0.15, -0.1) is 0 Å². The van der Waals surface area contributed by atoms with E-state index in [-0.39, 0.29) is 29.4 Å². The molecule has 1 saturated heterocycles. The van der Waals surface area contributed by atoms with Crippen molar-refractivity contribution in [2.45, 2.75) is 38.8 Å². The van der Waals surface area contributed by atoms with E-state index in [4.69, 9.17) is 16.2 Å². The summed E-state index contributed by atoms with van der Waals surface area (Å²) in [5.41, 5.74) is 13.3. The number of carbonyl (C=O) groups excluding carboxylic acids is 2. The second kappa shape index (κ2) is 8.38. The molecule has 2 heterocycles. The van der Waals surface area contributed by atoms with Gasteiger partial charge in [-0.3, -0.25) is 9.59 Å². The van der Waals surface area contributed by atoms with Crippen LogP contribution < -0.4 is 16.2 Å². The van der Waals surface area contributed by atoms with Gasteiger partial charge in [-0.25, -0.2) is 4.68 Å². The van der Waals surface area contributed by atoms with E-state index >= 15 is 0 Å². The van der Waals surface area contributed by atoms with Gasteiger partial charge in [0.25, 0.3) is 5.91 Å². The molecule has 0 bridgehead atoms. The van der Waals surface area contributed by atoms with Gasteiger partial charge in [-0.1, -0.05) is 6.58 Å². The minimum atomic E-state index is -0.620. The van der Waals surface area contributed by atoms with Gasteiger partial charge in [0.2, 0.25) is 5.91 Å². The molecule has 4 N–H and O–H groups in total. The van der Waals surface area contributed by atoms with Crippen LogP contribution >= 0.6 is 0 Å². The molecule has 0 unspecified atom stereocenters. The van der Waals surface area contributed by atoms with Crippen molar-refractivity contribution in [1.82, 2.24) is 14.7 Å². The van der Waals surface area contributed by atoms with Gasteiger partial charge in [0.1, 0.15) is 22.8 Å². The van der Waals surface area contributed by atoms with Crippen molar-refractivity contribution in [2.75, 3.05) is 18.8 Å². The SMILES string of the molecule is C=CC(=O)N1CCC(n2nc(-c3ccc(OC(C)C)cc3)c(C(N)=O)c2N)CC1. The Kier molecular flexibility index (Phi) is 5.91. The second-order valence-electron chi connectivity index (χ2n) is 7.37. The highest BCUT2D eigenvalue weighted by Gasteiger charge is 2.28. The van der Waals surface area contributed by atoms with Crippen LogP contribution in [0.4, 0.5) is 5.82 Å². The molecule has 0 spiro atoms. The first kappa shape index (κ1) is 20.4. The van der Waals surface area contributed by atoms with Crippen LogP contribution in [0.2, 0.25) is 0 Å². The molecular formula is C21H27N5O3. The molecule has 29 heavy (non-hydrogen) atoms. The topological polar surface area (TPSA) is 116 Å². The number of piperidine rings is 1. The van der Waals surface area contributed by atoms with Gasteiger partial charge in [0.05, 0.1) is 12.1 Å². The Labute approximate surface area is 170 Å². The van der Waals surface area contributed by atoms with Gasteiger partial charge in [-0.05, 0) is 57.0 Å². The molecule has 8 nitrogen and oxygen atoms in total. The predicted molar refractivity (Wildman–Crippen MR) is 111 cm³/mol. The number of ether oxygens (including phenoxy) is 1. The van der Waals surface area contributed by atoms with Crippen LogP contribution in [-0.2, 0) is 4.79 Å². The zero-order valence-corrected chi connectivity index (χ0v) is 16.8. The molecule has 8 heteroatoms. The Balaban J connectivity index is 1.89. The molecule has 1 aromatic heterocycles. The lowest BCUT2D eigenvalue weighted by Crippen LogP contribution is -2.38. The fourth-order valence-corrected chi connectivity index (χ4v) is 3.59. The number of benzene rings is 1. The third-order valence-corrected chi connectivity index (χ3v) is 4.99. The summed E-state index contributed by atoms with van der Waals surface area (Å²) in [7, 11) is 0. The Bertz CT molecular complexity index is 909. The molecule has 0 saturated carbocycles. The lowest BCUT2D eigenvalue weighted by molar-refractivity contribution is -0.127. The van der Waals surface area contributed by atoms with E-state index in [0.29, 0.717) is 31.6 Å². The minimum absolute atomic E-state index is 0.0146. The maximum atomic E-state index is 12.1. The predicted octanol–water partition coefficient (Wildman–Crippen LogP) is 2.37. The van der Waals surface area contributed by atoms with Crippen molar-refractivity contribution in [3.05, 3.63) is 42.5 Å². The van der Waals surface area contributed by atoms with Crippen LogP contribution in [0.3, 0.4) is 0 Å². The number of amides is 2. The summed E-state index contributed by atoms with van der Waals surface area (Å²) in [5, 5.41) is 4.63. The average Bonchev–Trinajstić information content (AvgIpc) is 3.05. The van der Waals surface area contributed by atoms with Crippen molar-refractivity contribution >= 4 is 17.6 Å². The Morgan fingerprint density at radius 1 is 1.24 bits per heavy atom. The number of rotatable bonds is 6. The fraction of sp³-hybridized carbons (Fsp3) is 0.381. The first-order chi connectivity index (χ1) is 13.8. The lowest BCUT2D eigenvalue weighted by Gasteiger charge is -2.31. The van der Waals surface area contributed by atoms with E-state index in [1.54, 1.807) is 9.58 Å². The van der Waals surface area contributed by atoms with Gasteiger partial charge in [0, 0.05) is 18.7 Å². The number of aromatic nitrogens is 2. The lowest BCUT2D eigenvalue weighted by atomic mass is 10.0. The highest BCUT2D eigenvalue weighted by molar-refractivity contribution is 6.03. The molecule has 0 aliphatic carbocycles. The van der Waals surface area contributed by atoms with Crippen molar-refractivity contribution in [1.29, 1.82) is 0 Å². The van der Waals surface area contributed by atoms with Crippen LogP contribution in [0.15, 0.2) is 36.9 Å². The zero-order valence-electron chi connectivity index (χ0n) is 16.8. The molecular weight excluding hydrogens is 370 g/mol. The van der Waals surface area contributed by atoms with Gasteiger partial charge in [-0.2, -0.15) is 5.10 Å². The van der Waals surface area contributed by atoms with E-state index in [1.807, 2.05) is 38.1 Å². The summed E-state index contributed by atoms with van der Waals surface area (Å²) < 4.78 is 7.33. The highest BCUT2D eigenvalue weighted by Crippen LogP contribution is 2.33. The van der Waals surface area contributed by atoms with Crippen molar-refractivity contribution in [2.24, 2.45) is 5.73 Å². The third kappa shape index (κ3) is 4.26. The van der Waals surface area contributed by atoms with Crippen LogP contribution in [0.25, 0.3) is 11.3 Å². The van der Waals surface area contributed by atoms with E-state index in [9.17, 15) is 9.59 Å². The average molecular weight is 397 g/mol. The third-order valence-electron chi connectivity index (χ3n) is 4.99. The number of nitrogens with zero attached hydrogens (tertiary/aromatic N) is 3. The molecule has 2 amide bonds. The largest absolute Gasteiger partial charge is 0.491 e. The number of nitrogens with two attached hydrogens (primary N) is 2. The fourth-order valence-electron chi connectivity index (χ4n) is 3.59. The first-order valence-electron chi connectivity index (χ1n) is 9.68. The molecule has 1 aliphatic heterocycles. The summed E-state index contributed by atoms with van der Waals surface area (Å²) >= 11 is 0. The summed E-state index contributed by atoms with van der Waals surface area (Å²) in [4.78, 5) is 25.6. The molecule has 1 fully saturated rings. The van der Waals surface area contributed by atoms with Gasteiger partial charge >= 0.3 is 0 Å². The Morgan fingerprint density at radius 2 is 1.86 bits per heavy atom. The molecule has 0 atom stereocenters. The monoisotopic (exact) mass is 397 g/mol. The number of primary amides is 1. The first-order valence-corrected chi connectivity index (χ1v) is 9.68. The summed E-state index contributed by atoms with van der Waals surface area (Å²) in [6.45, 7) is 8.60. The van der Waals surface area contributed by atoms with Crippen molar-refractivity contribution in [3.63, 3.8) is 0 Å². The van der Waals surface area contributed by atoms with Gasteiger partial charge < -0.3 is 21.1 Å². The number of likely N-dealkylation sites (tertiary alicyclic amines) is 1. The Morgan fingerprint density at radius 3 is 2.38 bits per heavy atom. The smallest absolute Gasteiger partial charge is 0.254 e.